The average Bonchev–Trinajstić information content (AvgIpc) is 2.72. The van der Waals surface area contributed by atoms with Crippen molar-refractivity contribution in [2.75, 3.05) is 6.54 Å². The van der Waals surface area contributed by atoms with Crippen LogP contribution in [0.2, 0.25) is 0 Å². The Bertz CT molecular complexity index is 325. The van der Waals surface area contributed by atoms with Crippen LogP contribution in [0.5, 0.6) is 0 Å². The number of H-pyrrole nitrogens is 1. The summed E-state index contributed by atoms with van der Waals surface area (Å²) in [5.74, 6) is 0. The minimum Gasteiger partial charge on any atom is -0.348 e. The van der Waals surface area contributed by atoms with Crippen LogP contribution in [0.4, 0.5) is 0 Å². The van der Waals surface area contributed by atoms with Gasteiger partial charge in [0.25, 0.3) is 0 Å². The van der Waals surface area contributed by atoms with E-state index in [0.717, 1.165) is 13.0 Å². The fourth-order valence-corrected chi connectivity index (χ4v) is 2.28. The fraction of sp³-hybridized carbons (Fsp3) is 0.700. The van der Waals surface area contributed by atoms with Crippen molar-refractivity contribution < 1.29 is 0 Å². The van der Waals surface area contributed by atoms with Gasteiger partial charge in [-0.2, -0.15) is 0 Å². The standard InChI is InChI=1S/C10H15N3/c1-10(3-4-10)9-8-7(2-5-11-9)12-6-13-8/h6,9,11H,2-5H2,1H3,(H,12,13). The molecule has 2 aliphatic rings. The van der Waals surface area contributed by atoms with Gasteiger partial charge in [-0.1, -0.05) is 6.92 Å². The highest BCUT2D eigenvalue weighted by molar-refractivity contribution is 5.24. The topological polar surface area (TPSA) is 40.7 Å². The molecule has 2 N–H and O–H groups in total. The molecule has 0 aromatic carbocycles. The van der Waals surface area contributed by atoms with Crippen molar-refractivity contribution in [3.8, 4) is 0 Å². The van der Waals surface area contributed by atoms with Gasteiger partial charge in [0.1, 0.15) is 0 Å². The molecule has 70 valence electrons. The monoisotopic (exact) mass is 177 g/mol. The first-order valence-corrected chi connectivity index (χ1v) is 5.05. The van der Waals surface area contributed by atoms with Crippen LogP contribution in [0.3, 0.4) is 0 Å². The molecule has 13 heavy (non-hydrogen) atoms. The molecule has 0 saturated heterocycles. The highest BCUT2D eigenvalue weighted by atomic mass is 15.0. The Morgan fingerprint density at radius 2 is 2.38 bits per heavy atom. The predicted octanol–water partition coefficient (Wildman–Crippen LogP) is 1.40. The first-order valence-electron chi connectivity index (χ1n) is 5.05. The van der Waals surface area contributed by atoms with Crippen LogP contribution < -0.4 is 5.32 Å². The summed E-state index contributed by atoms with van der Waals surface area (Å²) in [5.41, 5.74) is 3.10. The number of hydrogen-bond donors (Lipinski definition) is 2. The number of aromatic nitrogens is 2. The van der Waals surface area contributed by atoms with Gasteiger partial charge >= 0.3 is 0 Å². The highest BCUT2D eigenvalue weighted by Crippen LogP contribution is 2.55. The molecule has 3 nitrogen and oxygen atoms in total. The van der Waals surface area contributed by atoms with Crippen LogP contribution in [0, 0.1) is 5.41 Å². The van der Waals surface area contributed by atoms with Crippen LogP contribution >= 0.6 is 0 Å². The minimum atomic E-state index is 0.490. The van der Waals surface area contributed by atoms with Gasteiger partial charge < -0.3 is 10.3 Å². The summed E-state index contributed by atoms with van der Waals surface area (Å²) in [7, 11) is 0. The third kappa shape index (κ3) is 1.03. The Labute approximate surface area is 78.0 Å². The lowest BCUT2D eigenvalue weighted by Gasteiger charge is -2.28. The van der Waals surface area contributed by atoms with E-state index >= 15 is 0 Å². The first-order chi connectivity index (χ1) is 6.30. The third-order valence-electron chi connectivity index (χ3n) is 3.48. The molecule has 1 aliphatic heterocycles. The average molecular weight is 177 g/mol. The summed E-state index contributed by atoms with van der Waals surface area (Å²) in [6, 6.07) is 0.502. The SMILES string of the molecule is CC1(C2NCCc3[nH]cnc32)CC1. The van der Waals surface area contributed by atoms with E-state index in [1.165, 1.54) is 24.2 Å². The van der Waals surface area contributed by atoms with Gasteiger partial charge in [-0.05, 0) is 18.3 Å². The van der Waals surface area contributed by atoms with Crippen LogP contribution in [0.25, 0.3) is 0 Å². The Morgan fingerprint density at radius 1 is 1.54 bits per heavy atom. The van der Waals surface area contributed by atoms with Gasteiger partial charge in [0.05, 0.1) is 18.1 Å². The Kier molecular flexibility index (Phi) is 1.37. The van der Waals surface area contributed by atoms with E-state index in [0.29, 0.717) is 11.5 Å². The normalized spacial score (nSPS) is 29.8. The molecule has 1 fully saturated rings. The van der Waals surface area contributed by atoms with Crippen molar-refractivity contribution in [3.05, 3.63) is 17.7 Å². The Hall–Kier alpha value is -0.830. The number of nitrogens with one attached hydrogen (secondary N) is 2. The van der Waals surface area contributed by atoms with E-state index in [1.807, 2.05) is 6.33 Å². The summed E-state index contributed by atoms with van der Waals surface area (Å²) in [4.78, 5) is 7.66. The number of fused-ring (bicyclic) bond motifs is 1. The van der Waals surface area contributed by atoms with Crippen molar-refractivity contribution in [3.63, 3.8) is 0 Å². The van der Waals surface area contributed by atoms with Gasteiger partial charge in [-0.3, -0.25) is 0 Å². The maximum atomic E-state index is 4.43. The second kappa shape index (κ2) is 2.35. The lowest BCUT2D eigenvalue weighted by atomic mass is 9.91. The van der Waals surface area contributed by atoms with E-state index in [1.54, 1.807) is 0 Å². The number of aromatic amines is 1. The quantitative estimate of drug-likeness (QED) is 0.680. The van der Waals surface area contributed by atoms with Gasteiger partial charge in [0, 0.05) is 18.7 Å². The molecule has 1 unspecified atom stereocenters. The lowest BCUT2D eigenvalue weighted by molar-refractivity contribution is 0.344. The van der Waals surface area contributed by atoms with E-state index in [2.05, 4.69) is 22.2 Å². The molecule has 0 amide bonds. The number of hydrogen-bond acceptors (Lipinski definition) is 2. The molecule has 0 radical (unpaired) electrons. The Morgan fingerprint density at radius 3 is 3.15 bits per heavy atom. The summed E-state index contributed by atoms with van der Waals surface area (Å²) in [5, 5.41) is 3.58. The molecular weight excluding hydrogens is 162 g/mol. The molecular formula is C10H15N3. The molecule has 3 heteroatoms. The number of rotatable bonds is 1. The lowest BCUT2D eigenvalue weighted by Crippen LogP contribution is -2.34. The van der Waals surface area contributed by atoms with Crippen LogP contribution in [0.1, 0.15) is 37.2 Å². The second-order valence-corrected chi connectivity index (χ2v) is 4.56. The van der Waals surface area contributed by atoms with E-state index in [-0.39, 0.29) is 0 Å². The van der Waals surface area contributed by atoms with E-state index < -0.39 is 0 Å². The van der Waals surface area contributed by atoms with Crippen molar-refractivity contribution in [1.82, 2.24) is 15.3 Å². The largest absolute Gasteiger partial charge is 0.348 e. The summed E-state index contributed by atoms with van der Waals surface area (Å²) in [6.07, 6.45) is 5.62. The summed E-state index contributed by atoms with van der Waals surface area (Å²) >= 11 is 0. The maximum absolute atomic E-state index is 4.43. The molecule has 2 heterocycles. The van der Waals surface area contributed by atoms with Gasteiger partial charge in [0.15, 0.2) is 0 Å². The smallest absolute Gasteiger partial charge is 0.0925 e. The van der Waals surface area contributed by atoms with Crippen LogP contribution in [-0.4, -0.2) is 16.5 Å². The van der Waals surface area contributed by atoms with Crippen molar-refractivity contribution in [2.45, 2.75) is 32.2 Å². The van der Waals surface area contributed by atoms with Crippen LogP contribution in [0.15, 0.2) is 6.33 Å². The Balaban J connectivity index is 2.00. The van der Waals surface area contributed by atoms with Gasteiger partial charge in [-0.15, -0.1) is 0 Å². The molecule has 1 saturated carbocycles. The molecule has 1 aromatic heterocycles. The van der Waals surface area contributed by atoms with E-state index in [4.69, 9.17) is 0 Å². The maximum Gasteiger partial charge on any atom is 0.0925 e. The van der Waals surface area contributed by atoms with Gasteiger partial charge in [-0.25, -0.2) is 4.98 Å². The number of imidazole rings is 1. The zero-order valence-electron chi connectivity index (χ0n) is 7.93. The number of nitrogens with zero attached hydrogens (tertiary/aromatic N) is 1. The van der Waals surface area contributed by atoms with Crippen molar-refractivity contribution >= 4 is 0 Å². The highest BCUT2D eigenvalue weighted by Gasteiger charge is 2.47. The minimum absolute atomic E-state index is 0.490. The summed E-state index contributed by atoms with van der Waals surface area (Å²) < 4.78 is 0. The molecule has 1 aromatic rings. The fourth-order valence-electron chi connectivity index (χ4n) is 2.28. The second-order valence-electron chi connectivity index (χ2n) is 4.56. The van der Waals surface area contributed by atoms with Crippen LogP contribution in [-0.2, 0) is 6.42 Å². The van der Waals surface area contributed by atoms with E-state index in [9.17, 15) is 0 Å². The predicted molar refractivity (Wildman–Crippen MR) is 50.4 cm³/mol. The summed E-state index contributed by atoms with van der Waals surface area (Å²) in [6.45, 7) is 3.45. The molecule has 0 spiro atoms. The third-order valence-corrected chi connectivity index (χ3v) is 3.48. The first kappa shape index (κ1) is 7.56. The molecule has 0 bridgehead atoms. The van der Waals surface area contributed by atoms with Gasteiger partial charge in [0.2, 0.25) is 0 Å². The van der Waals surface area contributed by atoms with Crippen molar-refractivity contribution in [1.29, 1.82) is 0 Å². The zero-order valence-corrected chi connectivity index (χ0v) is 7.93. The molecule has 1 atom stereocenters. The zero-order chi connectivity index (χ0) is 8.89. The molecule has 1 aliphatic carbocycles. The van der Waals surface area contributed by atoms with Crippen molar-refractivity contribution in [2.24, 2.45) is 5.41 Å². The molecule has 3 rings (SSSR count).